The van der Waals surface area contributed by atoms with Crippen LogP contribution in [0.15, 0.2) is 91.0 Å². The summed E-state index contributed by atoms with van der Waals surface area (Å²) < 4.78 is 0. The fourth-order valence-corrected chi connectivity index (χ4v) is 4.21. The Labute approximate surface area is 181 Å². The second kappa shape index (κ2) is 10.8. The third-order valence-corrected chi connectivity index (χ3v) is 5.95. The van der Waals surface area contributed by atoms with E-state index in [9.17, 15) is 0 Å². The highest BCUT2D eigenvalue weighted by Crippen LogP contribution is 2.25. The van der Waals surface area contributed by atoms with Crippen molar-refractivity contribution in [1.29, 1.82) is 0 Å². The smallest absolute Gasteiger partial charge is 0.0149 e. The molecule has 1 radical (unpaired) electrons. The molecule has 4 aromatic rings. The molecule has 0 aliphatic heterocycles. The van der Waals surface area contributed by atoms with Crippen molar-refractivity contribution in [2.45, 2.75) is 51.4 Å². The Kier molecular flexibility index (Phi) is 7.34. The quantitative estimate of drug-likeness (QED) is 0.238. The van der Waals surface area contributed by atoms with Crippen molar-refractivity contribution in [3.8, 4) is 11.1 Å². The number of rotatable bonds is 10. The fourth-order valence-electron chi connectivity index (χ4n) is 4.21. The molecule has 0 saturated heterocycles. The van der Waals surface area contributed by atoms with Gasteiger partial charge in [0.25, 0.3) is 0 Å². The lowest BCUT2D eigenvalue weighted by molar-refractivity contribution is 0.594. The van der Waals surface area contributed by atoms with Crippen LogP contribution >= 0.6 is 0 Å². The highest BCUT2D eigenvalue weighted by molar-refractivity contribution is 5.87. The molecule has 0 aliphatic carbocycles. The van der Waals surface area contributed by atoms with Crippen LogP contribution < -0.4 is 0 Å². The van der Waals surface area contributed by atoms with Crippen molar-refractivity contribution < 1.29 is 0 Å². The van der Waals surface area contributed by atoms with Crippen LogP contribution in [0.4, 0.5) is 0 Å². The zero-order valence-electron chi connectivity index (χ0n) is 17.8. The second-order valence-corrected chi connectivity index (χ2v) is 8.27. The van der Waals surface area contributed by atoms with Crippen molar-refractivity contribution >= 4 is 10.8 Å². The molecule has 0 heteroatoms. The zero-order valence-corrected chi connectivity index (χ0v) is 17.8. The van der Waals surface area contributed by atoms with Crippen LogP contribution in [-0.2, 0) is 12.8 Å². The normalized spacial score (nSPS) is 11.1. The monoisotopic (exact) mass is 391 g/mol. The van der Waals surface area contributed by atoms with E-state index >= 15 is 0 Å². The Morgan fingerprint density at radius 1 is 0.500 bits per heavy atom. The summed E-state index contributed by atoms with van der Waals surface area (Å²) in [5, 5.41) is 2.60. The lowest BCUT2D eigenvalue weighted by Gasteiger charge is -2.07. The van der Waals surface area contributed by atoms with Gasteiger partial charge in [-0.3, -0.25) is 0 Å². The van der Waals surface area contributed by atoms with Gasteiger partial charge in [-0.25, -0.2) is 0 Å². The van der Waals surface area contributed by atoms with Crippen molar-refractivity contribution in [2.75, 3.05) is 0 Å². The average molecular weight is 392 g/mol. The standard InChI is InChI=1S/C30H31/c1(3-6-13-25-14-8-5-9-15-25)2-4-7-16-26-17-12-20-28(23-26)30-22-21-27-18-10-11-19-29(27)24-30/h5,8-12,14-15,18-24H,1-4,6-7,13,16H2. The van der Waals surface area contributed by atoms with Crippen LogP contribution in [-0.4, -0.2) is 0 Å². The van der Waals surface area contributed by atoms with Gasteiger partial charge in [-0.05, 0) is 70.8 Å². The summed E-state index contributed by atoms with van der Waals surface area (Å²) in [6.07, 6.45) is 10.3. The van der Waals surface area contributed by atoms with E-state index in [2.05, 4.69) is 97.1 Å². The first-order valence-corrected chi connectivity index (χ1v) is 11.4. The molecule has 0 bridgehead atoms. The Hall–Kier alpha value is -2.86. The summed E-state index contributed by atoms with van der Waals surface area (Å²) in [4.78, 5) is 0. The Morgan fingerprint density at radius 3 is 2.00 bits per heavy atom. The van der Waals surface area contributed by atoms with Gasteiger partial charge in [0.2, 0.25) is 0 Å². The van der Waals surface area contributed by atoms with E-state index in [-0.39, 0.29) is 0 Å². The zero-order chi connectivity index (χ0) is 20.4. The molecular formula is C30H31. The van der Waals surface area contributed by atoms with Gasteiger partial charge in [0.15, 0.2) is 0 Å². The lowest BCUT2D eigenvalue weighted by Crippen LogP contribution is -1.89. The van der Waals surface area contributed by atoms with Crippen molar-refractivity contribution in [3.63, 3.8) is 0 Å². The van der Waals surface area contributed by atoms with Crippen LogP contribution in [0.2, 0.25) is 0 Å². The van der Waals surface area contributed by atoms with E-state index in [1.165, 1.54) is 78.0 Å². The second-order valence-electron chi connectivity index (χ2n) is 8.27. The van der Waals surface area contributed by atoms with Crippen LogP contribution in [0.5, 0.6) is 0 Å². The van der Waals surface area contributed by atoms with Crippen LogP contribution in [0.25, 0.3) is 21.9 Å². The summed E-state index contributed by atoms with van der Waals surface area (Å²) in [5.41, 5.74) is 5.40. The molecule has 0 unspecified atom stereocenters. The maximum atomic E-state index is 3.45. The average Bonchev–Trinajstić information content (AvgIpc) is 2.81. The number of fused-ring (bicyclic) bond motifs is 1. The molecular weight excluding hydrogens is 360 g/mol. The fraction of sp³-hybridized carbons (Fsp3) is 0.267. The van der Waals surface area contributed by atoms with Crippen LogP contribution in [0.3, 0.4) is 0 Å². The van der Waals surface area contributed by atoms with Gasteiger partial charge in [-0.15, -0.1) is 0 Å². The summed E-state index contributed by atoms with van der Waals surface area (Å²) in [5.74, 6) is 0. The van der Waals surface area contributed by atoms with Gasteiger partial charge >= 0.3 is 0 Å². The number of unbranched alkanes of at least 4 members (excludes halogenated alkanes) is 5. The summed E-state index contributed by atoms with van der Waals surface area (Å²) in [7, 11) is 0. The van der Waals surface area contributed by atoms with Gasteiger partial charge < -0.3 is 0 Å². The van der Waals surface area contributed by atoms with Gasteiger partial charge in [-0.2, -0.15) is 0 Å². The molecule has 0 saturated carbocycles. The minimum atomic E-state index is 1.13. The first kappa shape index (κ1) is 20.4. The summed E-state index contributed by atoms with van der Waals surface area (Å²) in [6, 6.07) is 36.2. The van der Waals surface area contributed by atoms with E-state index in [1.807, 2.05) is 0 Å². The van der Waals surface area contributed by atoms with Crippen LogP contribution in [0.1, 0.15) is 49.7 Å². The number of aryl methyl sites for hydroxylation is 2. The maximum absolute atomic E-state index is 3.45. The van der Waals surface area contributed by atoms with Gasteiger partial charge in [0, 0.05) is 0 Å². The third kappa shape index (κ3) is 5.83. The largest absolute Gasteiger partial charge is 0.0622 e. The molecule has 0 heterocycles. The molecule has 0 spiro atoms. The van der Waals surface area contributed by atoms with E-state index in [4.69, 9.17) is 0 Å². The van der Waals surface area contributed by atoms with Crippen molar-refractivity contribution in [1.82, 2.24) is 0 Å². The third-order valence-electron chi connectivity index (χ3n) is 5.95. The number of hydrogen-bond acceptors (Lipinski definition) is 0. The number of benzene rings is 4. The molecule has 151 valence electrons. The highest BCUT2D eigenvalue weighted by atomic mass is 14.1. The van der Waals surface area contributed by atoms with E-state index in [0.717, 1.165) is 6.42 Å². The molecule has 30 heavy (non-hydrogen) atoms. The Bertz CT molecular complexity index is 1050. The van der Waals surface area contributed by atoms with E-state index in [0.29, 0.717) is 0 Å². The summed E-state index contributed by atoms with van der Waals surface area (Å²) in [6.45, 7) is 0. The topological polar surface area (TPSA) is 0 Å². The Morgan fingerprint density at radius 2 is 1.17 bits per heavy atom. The van der Waals surface area contributed by atoms with E-state index < -0.39 is 0 Å². The molecule has 0 atom stereocenters. The lowest BCUT2D eigenvalue weighted by atomic mass is 9.97. The first-order chi connectivity index (χ1) is 14.9. The van der Waals surface area contributed by atoms with Gasteiger partial charge in [0.05, 0.1) is 0 Å². The Balaban J connectivity index is 1.20. The highest BCUT2D eigenvalue weighted by Gasteiger charge is 2.02. The summed E-state index contributed by atoms with van der Waals surface area (Å²) >= 11 is 0. The molecule has 0 fully saturated rings. The van der Waals surface area contributed by atoms with Gasteiger partial charge in [0.1, 0.15) is 0 Å². The number of hydrogen-bond donors (Lipinski definition) is 0. The molecule has 0 aromatic heterocycles. The minimum absolute atomic E-state index is 1.13. The molecule has 0 aliphatic rings. The van der Waals surface area contributed by atoms with Crippen molar-refractivity contribution in [3.05, 3.63) is 108 Å². The first-order valence-electron chi connectivity index (χ1n) is 11.4. The molecule has 4 rings (SSSR count). The molecule has 0 N–H and O–H groups in total. The van der Waals surface area contributed by atoms with Crippen molar-refractivity contribution in [2.24, 2.45) is 0 Å². The minimum Gasteiger partial charge on any atom is -0.0622 e. The SMILES string of the molecule is [c]1ccc(-c2ccc3ccccc3c2)cc1CCCCCCCCc1ccccc1. The van der Waals surface area contributed by atoms with E-state index in [1.54, 1.807) is 0 Å². The molecule has 0 amide bonds. The molecule has 4 aromatic carbocycles. The molecule has 0 nitrogen and oxygen atoms in total. The predicted molar refractivity (Wildman–Crippen MR) is 130 cm³/mol. The van der Waals surface area contributed by atoms with Gasteiger partial charge in [-0.1, -0.05) is 111 Å². The van der Waals surface area contributed by atoms with Crippen LogP contribution in [0, 0.1) is 6.07 Å². The predicted octanol–water partition coefficient (Wildman–Crippen LogP) is 8.43. The maximum Gasteiger partial charge on any atom is -0.0149 e.